The molecular weight excluding hydrogens is 246 g/mol. The highest BCUT2D eigenvalue weighted by Gasteiger charge is 2.20. The number of nitrogens with one attached hydrogen (secondary N) is 1. The van der Waals surface area contributed by atoms with Crippen LogP contribution in [0.3, 0.4) is 0 Å². The third kappa shape index (κ3) is 3.84. The summed E-state index contributed by atoms with van der Waals surface area (Å²) in [5.74, 6) is 0. The van der Waals surface area contributed by atoms with Crippen molar-refractivity contribution < 1.29 is 4.74 Å². The molecule has 0 spiro atoms. The van der Waals surface area contributed by atoms with Crippen molar-refractivity contribution in [2.75, 3.05) is 19.8 Å². The van der Waals surface area contributed by atoms with Gasteiger partial charge in [0.2, 0.25) is 0 Å². The van der Waals surface area contributed by atoms with E-state index in [1.165, 1.54) is 11.1 Å². The van der Waals surface area contributed by atoms with Gasteiger partial charge in [0.15, 0.2) is 0 Å². The van der Waals surface area contributed by atoms with Crippen molar-refractivity contribution in [3.63, 3.8) is 0 Å². The van der Waals surface area contributed by atoms with Crippen LogP contribution in [0, 0.1) is 0 Å². The summed E-state index contributed by atoms with van der Waals surface area (Å²) >= 11 is 6.00. The van der Waals surface area contributed by atoms with Gasteiger partial charge in [-0.2, -0.15) is 0 Å². The molecule has 0 bridgehead atoms. The number of fused-ring (bicyclic) bond motifs is 1. The van der Waals surface area contributed by atoms with Crippen LogP contribution < -0.4 is 5.32 Å². The SMILES string of the molecule is C=CCCOCCNC1Cc2ccc(Cl)cc2C1. The van der Waals surface area contributed by atoms with Crippen molar-refractivity contribution in [3.05, 3.63) is 47.0 Å². The first-order chi connectivity index (χ1) is 8.79. The van der Waals surface area contributed by atoms with Gasteiger partial charge in [0.25, 0.3) is 0 Å². The Kier molecular flexibility index (Phi) is 5.24. The van der Waals surface area contributed by atoms with Gasteiger partial charge in [-0.3, -0.25) is 0 Å². The lowest BCUT2D eigenvalue weighted by molar-refractivity contribution is 0.138. The maximum Gasteiger partial charge on any atom is 0.0591 e. The Balaban J connectivity index is 1.67. The quantitative estimate of drug-likeness (QED) is 0.605. The van der Waals surface area contributed by atoms with E-state index in [1.54, 1.807) is 0 Å². The Labute approximate surface area is 114 Å². The fraction of sp³-hybridized carbons (Fsp3) is 0.467. The lowest BCUT2D eigenvalue weighted by Gasteiger charge is -2.11. The topological polar surface area (TPSA) is 21.3 Å². The van der Waals surface area contributed by atoms with Crippen LogP contribution in [-0.4, -0.2) is 25.8 Å². The highest BCUT2D eigenvalue weighted by atomic mass is 35.5. The molecule has 2 nitrogen and oxygen atoms in total. The van der Waals surface area contributed by atoms with E-state index in [0.29, 0.717) is 6.04 Å². The summed E-state index contributed by atoms with van der Waals surface area (Å²) < 4.78 is 5.48. The van der Waals surface area contributed by atoms with Gasteiger partial charge in [-0.25, -0.2) is 0 Å². The van der Waals surface area contributed by atoms with E-state index in [-0.39, 0.29) is 0 Å². The number of ether oxygens (including phenoxy) is 1. The third-order valence-electron chi connectivity index (χ3n) is 3.25. The normalized spacial score (nSPS) is 17.7. The number of benzene rings is 1. The van der Waals surface area contributed by atoms with Crippen LogP contribution in [-0.2, 0) is 17.6 Å². The Hall–Kier alpha value is -0.830. The third-order valence-corrected chi connectivity index (χ3v) is 3.48. The van der Waals surface area contributed by atoms with Crippen LogP contribution in [0.1, 0.15) is 17.5 Å². The van der Waals surface area contributed by atoms with Crippen molar-refractivity contribution in [2.45, 2.75) is 25.3 Å². The molecule has 3 heteroatoms. The van der Waals surface area contributed by atoms with Crippen molar-refractivity contribution in [1.82, 2.24) is 5.32 Å². The molecule has 0 saturated carbocycles. The highest BCUT2D eigenvalue weighted by molar-refractivity contribution is 6.30. The summed E-state index contributed by atoms with van der Waals surface area (Å²) in [5.41, 5.74) is 2.80. The Morgan fingerprint density at radius 2 is 2.17 bits per heavy atom. The molecule has 18 heavy (non-hydrogen) atoms. The van der Waals surface area contributed by atoms with Crippen molar-refractivity contribution in [1.29, 1.82) is 0 Å². The van der Waals surface area contributed by atoms with Gasteiger partial charge in [-0.15, -0.1) is 6.58 Å². The summed E-state index contributed by atoms with van der Waals surface area (Å²) in [6.45, 7) is 6.11. The molecule has 0 saturated heterocycles. The monoisotopic (exact) mass is 265 g/mol. The summed E-state index contributed by atoms with van der Waals surface area (Å²) in [6.07, 6.45) is 4.97. The van der Waals surface area contributed by atoms with E-state index in [0.717, 1.165) is 44.0 Å². The molecule has 0 fully saturated rings. The average Bonchev–Trinajstić information content (AvgIpc) is 2.75. The van der Waals surface area contributed by atoms with Gasteiger partial charge < -0.3 is 10.1 Å². The van der Waals surface area contributed by atoms with Crippen LogP contribution in [0.4, 0.5) is 0 Å². The first kappa shape index (κ1) is 13.6. The largest absolute Gasteiger partial charge is 0.380 e. The summed E-state index contributed by atoms with van der Waals surface area (Å²) in [4.78, 5) is 0. The van der Waals surface area contributed by atoms with Crippen LogP contribution in [0.15, 0.2) is 30.9 Å². The molecule has 0 amide bonds. The van der Waals surface area contributed by atoms with E-state index >= 15 is 0 Å². The fourth-order valence-corrected chi connectivity index (χ4v) is 2.53. The molecule has 1 aliphatic rings. The zero-order valence-electron chi connectivity index (χ0n) is 10.6. The van der Waals surface area contributed by atoms with Gasteiger partial charge in [-0.1, -0.05) is 23.7 Å². The summed E-state index contributed by atoms with van der Waals surface area (Å²) in [7, 11) is 0. The molecule has 1 N–H and O–H groups in total. The number of halogens is 1. The number of rotatable bonds is 7. The molecule has 2 rings (SSSR count). The lowest BCUT2D eigenvalue weighted by atomic mass is 10.1. The molecule has 1 aromatic carbocycles. The van der Waals surface area contributed by atoms with E-state index in [4.69, 9.17) is 16.3 Å². The second kappa shape index (κ2) is 6.93. The van der Waals surface area contributed by atoms with Gasteiger partial charge >= 0.3 is 0 Å². The van der Waals surface area contributed by atoms with Crippen LogP contribution in [0.25, 0.3) is 0 Å². The van der Waals surface area contributed by atoms with Gasteiger partial charge in [0, 0.05) is 17.6 Å². The predicted octanol–water partition coefficient (Wildman–Crippen LogP) is 2.99. The Morgan fingerprint density at radius 1 is 1.33 bits per heavy atom. The molecule has 1 aliphatic carbocycles. The summed E-state index contributed by atoms with van der Waals surface area (Å²) in [5, 5.41) is 4.37. The van der Waals surface area contributed by atoms with Crippen LogP contribution in [0.5, 0.6) is 0 Å². The van der Waals surface area contributed by atoms with E-state index in [1.807, 2.05) is 12.1 Å². The standard InChI is InChI=1S/C15H20ClNO/c1-2-3-7-18-8-6-17-15-10-12-4-5-14(16)9-13(12)11-15/h2,4-5,9,15,17H,1,3,6-8,10-11H2. The minimum atomic E-state index is 0.529. The van der Waals surface area contributed by atoms with Crippen molar-refractivity contribution in [3.8, 4) is 0 Å². The Bertz CT molecular complexity index is 405. The molecule has 1 atom stereocenters. The van der Waals surface area contributed by atoms with Crippen molar-refractivity contribution in [2.24, 2.45) is 0 Å². The zero-order chi connectivity index (χ0) is 12.8. The molecule has 0 heterocycles. The molecular formula is C15H20ClNO. The van der Waals surface area contributed by atoms with Crippen LogP contribution >= 0.6 is 11.6 Å². The first-order valence-electron chi connectivity index (χ1n) is 6.49. The summed E-state index contributed by atoms with van der Waals surface area (Å²) in [6, 6.07) is 6.72. The maximum absolute atomic E-state index is 6.00. The number of hydrogen-bond acceptors (Lipinski definition) is 2. The fourth-order valence-electron chi connectivity index (χ4n) is 2.34. The van der Waals surface area contributed by atoms with Gasteiger partial charge in [0.1, 0.15) is 0 Å². The minimum Gasteiger partial charge on any atom is -0.380 e. The van der Waals surface area contributed by atoms with E-state index in [2.05, 4.69) is 24.0 Å². The number of hydrogen-bond donors (Lipinski definition) is 1. The Morgan fingerprint density at radius 3 is 3.00 bits per heavy atom. The van der Waals surface area contributed by atoms with E-state index < -0.39 is 0 Å². The second-order valence-electron chi connectivity index (χ2n) is 4.66. The molecule has 98 valence electrons. The van der Waals surface area contributed by atoms with E-state index in [9.17, 15) is 0 Å². The molecule has 1 aromatic rings. The second-order valence-corrected chi connectivity index (χ2v) is 5.10. The minimum absolute atomic E-state index is 0.529. The molecule has 0 aliphatic heterocycles. The molecule has 0 aromatic heterocycles. The average molecular weight is 266 g/mol. The predicted molar refractivity (Wildman–Crippen MR) is 76.3 cm³/mol. The molecule has 1 unspecified atom stereocenters. The van der Waals surface area contributed by atoms with Gasteiger partial charge in [0.05, 0.1) is 13.2 Å². The van der Waals surface area contributed by atoms with Crippen LogP contribution in [0.2, 0.25) is 5.02 Å². The smallest absolute Gasteiger partial charge is 0.0591 e. The maximum atomic E-state index is 6.00. The molecule has 0 radical (unpaired) electrons. The van der Waals surface area contributed by atoms with Gasteiger partial charge in [-0.05, 0) is 42.5 Å². The zero-order valence-corrected chi connectivity index (χ0v) is 11.4. The first-order valence-corrected chi connectivity index (χ1v) is 6.86. The lowest BCUT2D eigenvalue weighted by Crippen LogP contribution is -2.32. The van der Waals surface area contributed by atoms with Crippen molar-refractivity contribution >= 4 is 11.6 Å². The highest BCUT2D eigenvalue weighted by Crippen LogP contribution is 2.25.